The topological polar surface area (TPSA) is 119 Å². The van der Waals surface area contributed by atoms with Gasteiger partial charge >= 0.3 is 6.03 Å². The van der Waals surface area contributed by atoms with Gasteiger partial charge in [-0.3, -0.25) is 10.1 Å². The number of sulfonamides is 1. The van der Waals surface area contributed by atoms with Crippen molar-refractivity contribution in [3.05, 3.63) is 29.8 Å². The van der Waals surface area contributed by atoms with Gasteiger partial charge in [0.1, 0.15) is 5.54 Å². The van der Waals surface area contributed by atoms with Crippen LogP contribution in [0.5, 0.6) is 0 Å². The van der Waals surface area contributed by atoms with Gasteiger partial charge in [0.25, 0.3) is 5.91 Å². The highest BCUT2D eigenvalue weighted by molar-refractivity contribution is 7.89. The second-order valence-electron chi connectivity index (χ2n) is 6.43. The number of amides is 3. The molecular formula is C16H18N4O4S. The van der Waals surface area contributed by atoms with Gasteiger partial charge in [-0.05, 0) is 43.9 Å². The number of nitrogens with zero attached hydrogens (tertiary/aromatic N) is 2. The summed E-state index contributed by atoms with van der Waals surface area (Å²) in [5.74, 6) is -0.517. The summed E-state index contributed by atoms with van der Waals surface area (Å²) in [6, 6.07) is 7.32. The molecule has 2 N–H and O–H groups in total. The highest BCUT2D eigenvalue weighted by Crippen LogP contribution is 2.32. The van der Waals surface area contributed by atoms with Gasteiger partial charge in [0.05, 0.1) is 16.5 Å². The minimum atomic E-state index is -3.69. The molecular weight excluding hydrogens is 344 g/mol. The Morgan fingerprint density at radius 3 is 2.52 bits per heavy atom. The molecule has 2 heterocycles. The molecule has 0 saturated carbocycles. The number of urea groups is 1. The summed E-state index contributed by atoms with van der Waals surface area (Å²) in [6.45, 7) is 2.17. The van der Waals surface area contributed by atoms with Crippen molar-refractivity contribution in [1.29, 1.82) is 5.26 Å². The first-order chi connectivity index (χ1) is 11.8. The third kappa shape index (κ3) is 2.99. The molecule has 1 aromatic rings. The molecule has 1 aromatic carbocycles. The quantitative estimate of drug-likeness (QED) is 0.761. The number of hydrogen-bond acceptors (Lipinski definition) is 5. The molecule has 9 heteroatoms. The van der Waals surface area contributed by atoms with Gasteiger partial charge in [-0.2, -0.15) is 9.57 Å². The molecule has 2 fully saturated rings. The Kier molecular flexibility index (Phi) is 4.26. The van der Waals surface area contributed by atoms with Gasteiger partial charge in [-0.15, -0.1) is 0 Å². The van der Waals surface area contributed by atoms with E-state index < -0.39 is 21.6 Å². The molecule has 1 atom stereocenters. The first-order valence-corrected chi connectivity index (χ1v) is 9.35. The van der Waals surface area contributed by atoms with E-state index in [4.69, 9.17) is 5.26 Å². The number of rotatable bonds is 3. The summed E-state index contributed by atoms with van der Waals surface area (Å²) >= 11 is 0. The van der Waals surface area contributed by atoms with Crippen molar-refractivity contribution in [2.75, 3.05) is 13.1 Å². The van der Waals surface area contributed by atoms with Crippen molar-refractivity contribution in [1.82, 2.24) is 14.9 Å². The van der Waals surface area contributed by atoms with Crippen LogP contribution in [0.2, 0.25) is 0 Å². The number of carbonyl (C=O) groups excluding carboxylic acids is 2. The summed E-state index contributed by atoms with van der Waals surface area (Å²) in [7, 11) is -3.69. The lowest BCUT2D eigenvalue weighted by Crippen LogP contribution is -2.54. The molecule has 25 heavy (non-hydrogen) atoms. The zero-order valence-electron chi connectivity index (χ0n) is 13.7. The van der Waals surface area contributed by atoms with Crippen LogP contribution in [-0.4, -0.2) is 43.3 Å². The molecule has 0 unspecified atom stereocenters. The molecule has 0 radical (unpaired) electrons. The maximum Gasteiger partial charge on any atom is 0.322 e. The second-order valence-corrected chi connectivity index (χ2v) is 8.37. The SMILES string of the molecule is C[C@@]1(C2CCN(S(=O)(=O)c3cccc(C#N)c3)CC2)NC(=O)NC1=O. The van der Waals surface area contributed by atoms with Gasteiger partial charge in [-0.25, -0.2) is 13.2 Å². The molecule has 0 bridgehead atoms. The van der Waals surface area contributed by atoms with Gasteiger partial charge in [0.15, 0.2) is 0 Å². The number of imide groups is 1. The van der Waals surface area contributed by atoms with Crippen molar-refractivity contribution in [3.8, 4) is 6.07 Å². The minimum absolute atomic E-state index is 0.0862. The molecule has 132 valence electrons. The Hall–Kier alpha value is -2.44. The van der Waals surface area contributed by atoms with E-state index in [1.807, 2.05) is 6.07 Å². The van der Waals surface area contributed by atoms with Crippen molar-refractivity contribution in [2.45, 2.75) is 30.2 Å². The van der Waals surface area contributed by atoms with E-state index in [1.165, 1.54) is 22.5 Å². The van der Waals surface area contributed by atoms with E-state index in [9.17, 15) is 18.0 Å². The monoisotopic (exact) mass is 362 g/mol. The van der Waals surface area contributed by atoms with Crippen LogP contribution in [0.4, 0.5) is 4.79 Å². The summed E-state index contributed by atoms with van der Waals surface area (Å²) in [5, 5.41) is 13.8. The van der Waals surface area contributed by atoms with E-state index in [0.29, 0.717) is 12.8 Å². The first kappa shape index (κ1) is 17.4. The van der Waals surface area contributed by atoms with Crippen molar-refractivity contribution >= 4 is 22.0 Å². The summed E-state index contributed by atoms with van der Waals surface area (Å²) in [6.07, 6.45) is 0.919. The fraction of sp³-hybridized carbons (Fsp3) is 0.438. The Morgan fingerprint density at radius 1 is 1.28 bits per heavy atom. The third-order valence-corrected chi connectivity index (χ3v) is 6.84. The van der Waals surface area contributed by atoms with E-state index in [-0.39, 0.29) is 35.4 Å². The molecule has 2 saturated heterocycles. The lowest BCUT2D eigenvalue weighted by Gasteiger charge is -2.38. The van der Waals surface area contributed by atoms with Crippen LogP contribution in [0.1, 0.15) is 25.3 Å². The molecule has 8 nitrogen and oxygen atoms in total. The van der Waals surface area contributed by atoms with Crippen LogP contribution in [0, 0.1) is 17.2 Å². The number of nitrogens with one attached hydrogen (secondary N) is 2. The lowest BCUT2D eigenvalue weighted by molar-refractivity contribution is -0.125. The summed E-state index contributed by atoms with van der Waals surface area (Å²) in [5.41, 5.74) is -0.720. The largest absolute Gasteiger partial charge is 0.323 e. The lowest BCUT2D eigenvalue weighted by atomic mass is 9.79. The van der Waals surface area contributed by atoms with Crippen LogP contribution in [-0.2, 0) is 14.8 Å². The normalized spacial score (nSPS) is 25.3. The Morgan fingerprint density at radius 2 is 1.96 bits per heavy atom. The fourth-order valence-corrected chi connectivity index (χ4v) is 4.91. The number of nitriles is 1. The minimum Gasteiger partial charge on any atom is -0.323 e. The zero-order chi connectivity index (χ0) is 18.2. The number of hydrogen-bond donors (Lipinski definition) is 2. The van der Waals surface area contributed by atoms with Gasteiger partial charge in [0, 0.05) is 13.1 Å². The molecule has 0 spiro atoms. The molecule has 2 aliphatic rings. The van der Waals surface area contributed by atoms with E-state index in [0.717, 1.165) is 0 Å². The molecule has 0 aliphatic carbocycles. The van der Waals surface area contributed by atoms with Gasteiger partial charge < -0.3 is 5.32 Å². The summed E-state index contributed by atoms with van der Waals surface area (Å²) < 4.78 is 26.9. The smallest absolute Gasteiger partial charge is 0.322 e. The number of carbonyl (C=O) groups is 2. The predicted octanol–water partition coefficient (Wildman–Crippen LogP) is 0.557. The molecule has 0 aromatic heterocycles. The van der Waals surface area contributed by atoms with E-state index in [2.05, 4.69) is 10.6 Å². The number of benzene rings is 1. The molecule has 2 aliphatic heterocycles. The Bertz CT molecular complexity index is 868. The van der Waals surface area contributed by atoms with E-state index >= 15 is 0 Å². The van der Waals surface area contributed by atoms with Crippen LogP contribution < -0.4 is 10.6 Å². The number of piperidine rings is 1. The fourth-order valence-electron chi connectivity index (χ4n) is 3.39. The first-order valence-electron chi connectivity index (χ1n) is 7.91. The van der Waals surface area contributed by atoms with Crippen LogP contribution >= 0.6 is 0 Å². The Balaban J connectivity index is 1.75. The molecule has 3 rings (SSSR count). The Labute approximate surface area is 145 Å². The highest BCUT2D eigenvalue weighted by atomic mass is 32.2. The van der Waals surface area contributed by atoms with Crippen LogP contribution in [0.25, 0.3) is 0 Å². The summed E-state index contributed by atoms with van der Waals surface area (Å²) in [4.78, 5) is 23.5. The average Bonchev–Trinajstić information content (AvgIpc) is 2.88. The third-order valence-electron chi connectivity index (χ3n) is 4.94. The van der Waals surface area contributed by atoms with E-state index in [1.54, 1.807) is 13.0 Å². The van der Waals surface area contributed by atoms with Crippen molar-refractivity contribution in [3.63, 3.8) is 0 Å². The van der Waals surface area contributed by atoms with Crippen molar-refractivity contribution in [2.24, 2.45) is 5.92 Å². The van der Waals surface area contributed by atoms with Crippen LogP contribution in [0.3, 0.4) is 0 Å². The molecule has 3 amide bonds. The average molecular weight is 362 g/mol. The maximum absolute atomic E-state index is 12.7. The highest BCUT2D eigenvalue weighted by Gasteiger charge is 2.49. The standard InChI is InChI=1S/C16H18N4O4S/c1-16(14(21)18-15(22)19-16)12-5-7-20(8-6-12)25(23,24)13-4-2-3-11(9-13)10-17/h2-4,9,12H,5-8H2,1H3,(H2,18,19,21,22)/t16-/m0/s1. The second kappa shape index (κ2) is 6.13. The predicted molar refractivity (Wildman–Crippen MR) is 87.7 cm³/mol. The van der Waals surface area contributed by atoms with Gasteiger partial charge in [0.2, 0.25) is 10.0 Å². The van der Waals surface area contributed by atoms with Gasteiger partial charge in [-0.1, -0.05) is 6.07 Å². The van der Waals surface area contributed by atoms with Crippen LogP contribution in [0.15, 0.2) is 29.2 Å². The maximum atomic E-state index is 12.7. The van der Waals surface area contributed by atoms with Crippen molar-refractivity contribution < 1.29 is 18.0 Å². The zero-order valence-corrected chi connectivity index (χ0v) is 14.5.